The summed E-state index contributed by atoms with van der Waals surface area (Å²) in [6.45, 7) is 7.58. The Morgan fingerprint density at radius 3 is 2.48 bits per heavy atom. The first-order valence-electron chi connectivity index (χ1n) is 8.38. The van der Waals surface area contributed by atoms with E-state index in [1.807, 2.05) is 36.6 Å². The van der Waals surface area contributed by atoms with Crippen molar-refractivity contribution < 1.29 is 14.4 Å². The van der Waals surface area contributed by atoms with E-state index in [-0.39, 0.29) is 18.1 Å². The lowest BCUT2D eigenvalue weighted by Crippen LogP contribution is -2.30. The number of amides is 4. The Hall–Kier alpha value is -3.61. The highest BCUT2D eigenvalue weighted by Crippen LogP contribution is 2.24. The predicted molar refractivity (Wildman–Crippen MR) is 102 cm³/mol. The molecule has 0 radical (unpaired) electrons. The summed E-state index contributed by atoms with van der Waals surface area (Å²) >= 11 is 0. The summed E-state index contributed by atoms with van der Waals surface area (Å²) in [7, 11) is 0. The molecule has 0 saturated carbocycles. The third-order valence-corrected chi connectivity index (χ3v) is 4.45. The van der Waals surface area contributed by atoms with Gasteiger partial charge in [0, 0.05) is 29.2 Å². The third kappa shape index (κ3) is 3.27. The van der Waals surface area contributed by atoms with Crippen LogP contribution in [-0.4, -0.2) is 33.9 Å². The zero-order chi connectivity index (χ0) is 19.7. The van der Waals surface area contributed by atoms with E-state index in [9.17, 15) is 14.4 Å². The number of nitrogens with zero attached hydrogens (tertiary/aromatic N) is 2. The molecule has 1 aliphatic rings. The molecule has 27 heavy (non-hydrogen) atoms. The first-order chi connectivity index (χ1) is 12.8. The number of aryl methyl sites for hydroxylation is 1. The summed E-state index contributed by atoms with van der Waals surface area (Å²) in [5, 5.41) is 2.59. The van der Waals surface area contributed by atoms with Gasteiger partial charge in [0.15, 0.2) is 0 Å². The number of nitrogens with two attached hydrogens (primary N) is 1. The summed E-state index contributed by atoms with van der Waals surface area (Å²) in [6.07, 6.45) is 3.17. The Kier molecular flexibility index (Phi) is 4.68. The summed E-state index contributed by atoms with van der Waals surface area (Å²) in [5.41, 5.74) is 9.48. The largest absolute Gasteiger partial charge is 0.366 e. The lowest BCUT2D eigenvalue weighted by atomic mass is 10.2. The molecule has 4 amide bonds. The number of primary amides is 1. The maximum atomic E-state index is 12.4. The minimum absolute atomic E-state index is 0.160. The Morgan fingerprint density at radius 2 is 1.89 bits per heavy atom. The fourth-order valence-electron chi connectivity index (χ4n) is 3.13. The Bertz CT molecular complexity index is 983. The number of benzene rings is 1. The molecule has 3 rings (SSSR count). The van der Waals surface area contributed by atoms with E-state index in [2.05, 4.69) is 11.9 Å². The van der Waals surface area contributed by atoms with Gasteiger partial charge >= 0.3 is 6.03 Å². The normalized spacial score (nSPS) is 15.3. The van der Waals surface area contributed by atoms with Crippen LogP contribution in [0.2, 0.25) is 0 Å². The Labute approximate surface area is 156 Å². The number of hydrogen-bond acceptors (Lipinski definition) is 3. The highest BCUT2D eigenvalue weighted by molar-refractivity contribution is 6.14. The number of aromatic nitrogens is 1. The van der Waals surface area contributed by atoms with Gasteiger partial charge in [0.1, 0.15) is 5.70 Å². The van der Waals surface area contributed by atoms with Crippen LogP contribution >= 0.6 is 0 Å². The lowest BCUT2D eigenvalue weighted by molar-refractivity contribution is -0.122. The molecule has 0 bridgehead atoms. The van der Waals surface area contributed by atoms with Crippen molar-refractivity contribution in [3.63, 3.8) is 0 Å². The summed E-state index contributed by atoms with van der Waals surface area (Å²) in [4.78, 5) is 36.6. The van der Waals surface area contributed by atoms with Gasteiger partial charge in [-0.15, -0.1) is 6.58 Å². The molecule has 3 N–H and O–H groups in total. The molecule has 1 aromatic carbocycles. The number of urea groups is 1. The van der Waals surface area contributed by atoms with Crippen LogP contribution in [0.5, 0.6) is 0 Å². The maximum absolute atomic E-state index is 12.4. The van der Waals surface area contributed by atoms with Gasteiger partial charge in [-0.1, -0.05) is 6.08 Å². The quantitative estimate of drug-likeness (QED) is 0.484. The van der Waals surface area contributed by atoms with Crippen molar-refractivity contribution in [2.24, 2.45) is 5.73 Å². The van der Waals surface area contributed by atoms with Crippen molar-refractivity contribution in [1.82, 2.24) is 14.8 Å². The molecule has 1 aliphatic heterocycles. The molecular formula is C20H20N4O3. The molecule has 2 heterocycles. The molecular weight excluding hydrogens is 344 g/mol. The fraction of sp³-hybridized carbons (Fsp3) is 0.150. The SMILES string of the molecule is C=CCN1C(=O)N/C(=C/c2cc(C)n(-c3ccc(C(N)=O)cc3)c2C)C1=O. The summed E-state index contributed by atoms with van der Waals surface area (Å²) in [6, 6.07) is 8.43. The van der Waals surface area contributed by atoms with Crippen molar-refractivity contribution in [3.8, 4) is 5.69 Å². The first-order valence-corrected chi connectivity index (χ1v) is 8.38. The fourth-order valence-corrected chi connectivity index (χ4v) is 3.13. The van der Waals surface area contributed by atoms with Gasteiger partial charge in [-0.2, -0.15) is 0 Å². The molecule has 7 heteroatoms. The van der Waals surface area contributed by atoms with Gasteiger partial charge < -0.3 is 15.6 Å². The van der Waals surface area contributed by atoms with Crippen molar-refractivity contribution in [2.45, 2.75) is 13.8 Å². The molecule has 0 aliphatic carbocycles. The minimum atomic E-state index is -0.479. The predicted octanol–water partition coefficient (Wildman–Crippen LogP) is 2.27. The molecule has 0 spiro atoms. The monoisotopic (exact) mass is 364 g/mol. The van der Waals surface area contributed by atoms with Crippen LogP contribution in [-0.2, 0) is 4.79 Å². The van der Waals surface area contributed by atoms with E-state index in [0.29, 0.717) is 5.56 Å². The second kappa shape index (κ2) is 6.95. The number of carbonyl (C=O) groups is 3. The van der Waals surface area contributed by atoms with Gasteiger partial charge in [-0.3, -0.25) is 14.5 Å². The summed E-state index contributed by atoms with van der Waals surface area (Å²) < 4.78 is 2.00. The number of imide groups is 1. The average molecular weight is 364 g/mol. The van der Waals surface area contributed by atoms with Gasteiger partial charge in [0.2, 0.25) is 5.91 Å². The van der Waals surface area contributed by atoms with Crippen LogP contribution in [0, 0.1) is 13.8 Å². The third-order valence-electron chi connectivity index (χ3n) is 4.45. The van der Waals surface area contributed by atoms with E-state index >= 15 is 0 Å². The van der Waals surface area contributed by atoms with Crippen LogP contribution in [0.25, 0.3) is 11.8 Å². The molecule has 1 aromatic heterocycles. The van der Waals surface area contributed by atoms with Crippen LogP contribution < -0.4 is 11.1 Å². The summed E-state index contributed by atoms with van der Waals surface area (Å²) in [5.74, 6) is -0.858. The Morgan fingerprint density at radius 1 is 1.22 bits per heavy atom. The molecule has 0 unspecified atom stereocenters. The molecule has 0 atom stereocenters. The zero-order valence-corrected chi connectivity index (χ0v) is 15.2. The minimum Gasteiger partial charge on any atom is -0.366 e. The van der Waals surface area contributed by atoms with Crippen molar-refractivity contribution in [3.05, 3.63) is 71.2 Å². The number of nitrogens with one attached hydrogen (secondary N) is 1. The van der Waals surface area contributed by atoms with E-state index in [4.69, 9.17) is 5.73 Å². The second-order valence-corrected chi connectivity index (χ2v) is 6.27. The topological polar surface area (TPSA) is 97.4 Å². The van der Waals surface area contributed by atoms with Gasteiger partial charge in [-0.05, 0) is 55.8 Å². The highest BCUT2D eigenvalue weighted by Gasteiger charge is 2.32. The smallest absolute Gasteiger partial charge is 0.329 e. The number of rotatable bonds is 5. The van der Waals surface area contributed by atoms with Crippen molar-refractivity contribution in [2.75, 3.05) is 6.54 Å². The molecule has 1 fully saturated rings. The van der Waals surface area contributed by atoms with E-state index in [1.54, 1.807) is 18.2 Å². The zero-order valence-electron chi connectivity index (χ0n) is 15.2. The van der Waals surface area contributed by atoms with E-state index < -0.39 is 11.9 Å². The first kappa shape index (κ1) is 18.2. The molecule has 1 saturated heterocycles. The Balaban J connectivity index is 1.97. The van der Waals surface area contributed by atoms with Crippen LogP contribution in [0.15, 0.2) is 48.7 Å². The van der Waals surface area contributed by atoms with Gasteiger partial charge in [-0.25, -0.2) is 4.79 Å². The lowest BCUT2D eigenvalue weighted by Gasteiger charge is -2.10. The highest BCUT2D eigenvalue weighted by atomic mass is 16.2. The van der Waals surface area contributed by atoms with Crippen molar-refractivity contribution >= 4 is 23.9 Å². The number of carbonyl (C=O) groups excluding carboxylic acids is 3. The van der Waals surface area contributed by atoms with E-state index in [1.165, 1.54) is 6.08 Å². The molecule has 2 aromatic rings. The average Bonchev–Trinajstić information content (AvgIpc) is 3.05. The van der Waals surface area contributed by atoms with Gasteiger partial charge in [0.05, 0.1) is 0 Å². The van der Waals surface area contributed by atoms with Crippen molar-refractivity contribution in [1.29, 1.82) is 0 Å². The van der Waals surface area contributed by atoms with Crippen LogP contribution in [0.1, 0.15) is 27.3 Å². The standard InChI is InChI=1S/C20H20N4O3/c1-4-9-23-19(26)17(22-20(23)27)11-15-10-12(2)24(13(15)3)16-7-5-14(6-8-16)18(21)25/h4-8,10-11H,1,9H2,2-3H3,(H2,21,25)(H,22,27)/b17-11+. The maximum Gasteiger partial charge on any atom is 0.329 e. The van der Waals surface area contributed by atoms with E-state index in [0.717, 1.165) is 27.5 Å². The second-order valence-electron chi connectivity index (χ2n) is 6.27. The van der Waals surface area contributed by atoms with Crippen LogP contribution in [0.4, 0.5) is 4.79 Å². The molecule has 7 nitrogen and oxygen atoms in total. The van der Waals surface area contributed by atoms with Crippen LogP contribution in [0.3, 0.4) is 0 Å². The molecule has 138 valence electrons. The van der Waals surface area contributed by atoms with Gasteiger partial charge in [0.25, 0.3) is 5.91 Å². The number of hydrogen-bond donors (Lipinski definition) is 2.